The smallest absolute Gasteiger partial charge is 0.348 e. The van der Waals surface area contributed by atoms with E-state index in [1.807, 2.05) is 6.92 Å². The number of rotatable bonds is 3. The molecule has 0 unspecified atom stereocenters. The van der Waals surface area contributed by atoms with E-state index in [4.69, 9.17) is 0 Å². The molecule has 4 nitrogen and oxygen atoms in total. The fraction of sp³-hybridized carbons (Fsp3) is 0.600. The largest absolute Gasteiger partial charge is 0.435 e. The van der Waals surface area contributed by atoms with Crippen LogP contribution in [0.25, 0.3) is 0 Å². The Morgan fingerprint density at radius 1 is 1.59 bits per heavy atom. The normalized spacial score (nSPS) is 13.5. The first-order valence-electron chi connectivity index (χ1n) is 5.17. The Morgan fingerprint density at radius 2 is 2.18 bits per heavy atom. The lowest BCUT2D eigenvalue weighted by atomic mass is 10.2. The summed E-state index contributed by atoms with van der Waals surface area (Å²) in [7, 11) is 1.31. The van der Waals surface area contributed by atoms with Gasteiger partial charge in [0.2, 0.25) is 0 Å². The molecule has 0 aliphatic heterocycles. The van der Waals surface area contributed by atoms with Gasteiger partial charge in [-0.15, -0.1) is 0 Å². The third-order valence-corrected chi connectivity index (χ3v) is 2.39. The van der Waals surface area contributed by atoms with Crippen LogP contribution in [0.15, 0.2) is 6.07 Å². The van der Waals surface area contributed by atoms with Gasteiger partial charge in [0.25, 0.3) is 5.91 Å². The van der Waals surface area contributed by atoms with Crippen molar-refractivity contribution in [3.8, 4) is 0 Å². The summed E-state index contributed by atoms with van der Waals surface area (Å²) in [5, 5.41) is 5.85. The summed E-state index contributed by atoms with van der Waals surface area (Å²) >= 11 is 0. The fourth-order valence-electron chi connectivity index (χ4n) is 1.22. The van der Waals surface area contributed by atoms with E-state index in [0.29, 0.717) is 6.42 Å². The van der Waals surface area contributed by atoms with E-state index in [1.165, 1.54) is 7.05 Å². The van der Waals surface area contributed by atoms with E-state index in [-0.39, 0.29) is 11.7 Å². The standard InChI is InChI=1S/C10H14F3N3O/c1-4-6(2)14-9(17)7-5-8(10(11,12)13)15-16(7)3/h5-6H,4H2,1-3H3,(H,14,17)/t6-/m1/s1. The molecular formula is C10H14F3N3O. The molecular weight excluding hydrogens is 235 g/mol. The van der Waals surface area contributed by atoms with Crippen LogP contribution in [0.3, 0.4) is 0 Å². The van der Waals surface area contributed by atoms with Crippen molar-refractivity contribution in [2.75, 3.05) is 0 Å². The van der Waals surface area contributed by atoms with Gasteiger partial charge in [0.15, 0.2) is 5.69 Å². The molecule has 1 aromatic heterocycles. The summed E-state index contributed by atoms with van der Waals surface area (Å²) in [6.45, 7) is 3.65. The summed E-state index contributed by atoms with van der Waals surface area (Å²) in [5.74, 6) is -0.551. The minimum Gasteiger partial charge on any atom is -0.348 e. The first-order chi connectivity index (χ1) is 7.75. The molecule has 96 valence electrons. The third-order valence-electron chi connectivity index (χ3n) is 2.39. The molecule has 0 aliphatic rings. The van der Waals surface area contributed by atoms with Gasteiger partial charge in [-0.2, -0.15) is 18.3 Å². The second kappa shape index (κ2) is 4.77. The molecule has 0 aromatic carbocycles. The van der Waals surface area contributed by atoms with E-state index >= 15 is 0 Å². The number of halogens is 3. The number of carbonyl (C=O) groups excluding carboxylic acids is 1. The molecule has 1 rings (SSSR count). The third kappa shape index (κ3) is 3.21. The molecule has 0 spiro atoms. The van der Waals surface area contributed by atoms with E-state index in [0.717, 1.165) is 10.7 Å². The molecule has 0 aliphatic carbocycles. The zero-order valence-electron chi connectivity index (χ0n) is 9.80. The van der Waals surface area contributed by atoms with Crippen LogP contribution in [0.1, 0.15) is 36.5 Å². The summed E-state index contributed by atoms with van der Waals surface area (Å²) in [6.07, 6.45) is -3.83. The Labute approximate surface area is 96.8 Å². The molecule has 0 fully saturated rings. The van der Waals surface area contributed by atoms with Crippen LogP contribution in [0.2, 0.25) is 0 Å². The number of amides is 1. The second-order valence-corrected chi connectivity index (χ2v) is 3.82. The number of aromatic nitrogens is 2. The van der Waals surface area contributed by atoms with Crippen molar-refractivity contribution >= 4 is 5.91 Å². The van der Waals surface area contributed by atoms with Gasteiger partial charge in [-0.3, -0.25) is 9.48 Å². The number of alkyl halides is 3. The van der Waals surface area contributed by atoms with Crippen molar-refractivity contribution < 1.29 is 18.0 Å². The summed E-state index contributed by atoms with van der Waals surface area (Å²) in [6, 6.07) is 0.657. The van der Waals surface area contributed by atoms with Crippen LogP contribution in [0.5, 0.6) is 0 Å². The first-order valence-corrected chi connectivity index (χ1v) is 5.17. The van der Waals surface area contributed by atoms with Gasteiger partial charge < -0.3 is 5.32 Å². The number of hydrogen-bond donors (Lipinski definition) is 1. The van der Waals surface area contributed by atoms with Crippen LogP contribution in [-0.2, 0) is 13.2 Å². The molecule has 17 heavy (non-hydrogen) atoms. The molecule has 7 heteroatoms. The average Bonchev–Trinajstić information content (AvgIpc) is 2.59. The Kier molecular flexibility index (Phi) is 3.79. The van der Waals surface area contributed by atoms with Crippen molar-refractivity contribution in [2.45, 2.75) is 32.5 Å². The van der Waals surface area contributed by atoms with Crippen molar-refractivity contribution in [1.82, 2.24) is 15.1 Å². The highest BCUT2D eigenvalue weighted by Crippen LogP contribution is 2.28. The highest BCUT2D eigenvalue weighted by molar-refractivity contribution is 5.92. The Bertz CT molecular complexity index is 411. The maximum Gasteiger partial charge on any atom is 0.435 e. The molecule has 0 bridgehead atoms. The minimum absolute atomic E-state index is 0.0910. The van der Waals surface area contributed by atoms with Crippen molar-refractivity contribution in [2.24, 2.45) is 7.05 Å². The maximum absolute atomic E-state index is 12.4. The lowest BCUT2D eigenvalue weighted by Crippen LogP contribution is -2.33. The van der Waals surface area contributed by atoms with Crippen LogP contribution in [-0.4, -0.2) is 21.7 Å². The first kappa shape index (κ1) is 13.5. The van der Waals surface area contributed by atoms with E-state index in [9.17, 15) is 18.0 Å². The maximum atomic E-state index is 12.4. The van der Waals surface area contributed by atoms with Crippen LogP contribution >= 0.6 is 0 Å². The zero-order valence-corrected chi connectivity index (χ0v) is 9.80. The van der Waals surface area contributed by atoms with Gasteiger partial charge in [-0.05, 0) is 13.3 Å². The van der Waals surface area contributed by atoms with E-state index in [1.54, 1.807) is 6.92 Å². The number of carbonyl (C=O) groups is 1. The fourth-order valence-corrected chi connectivity index (χ4v) is 1.22. The van der Waals surface area contributed by atoms with E-state index < -0.39 is 17.8 Å². The molecule has 0 saturated carbocycles. The van der Waals surface area contributed by atoms with Crippen molar-refractivity contribution in [1.29, 1.82) is 0 Å². The van der Waals surface area contributed by atoms with E-state index in [2.05, 4.69) is 10.4 Å². The highest BCUT2D eigenvalue weighted by atomic mass is 19.4. The molecule has 0 saturated heterocycles. The SMILES string of the molecule is CC[C@@H](C)NC(=O)c1cc(C(F)(F)F)nn1C. The van der Waals surface area contributed by atoms with Crippen molar-refractivity contribution in [3.63, 3.8) is 0 Å². The summed E-state index contributed by atoms with van der Waals surface area (Å²) < 4.78 is 38.0. The Balaban J connectivity index is 2.92. The molecule has 1 heterocycles. The van der Waals surface area contributed by atoms with Gasteiger partial charge in [0, 0.05) is 19.2 Å². The lowest BCUT2D eigenvalue weighted by molar-refractivity contribution is -0.141. The topological polar surface area (TPSA) is 46.9 Å². The van der Waals surface area contributed by atoms with Crippen LogP contribution in [0, 0.1) is 0 Å². The van der Waals surface area contributed by atoms with Gasteiger partial charge in [0.1, 0.15) is 5.69 Å². The highest BCUT2D eigenvalue weighted by Gasteiger charge is 2.35. The predicted octanol–water partition coefficient (Wildman–Crippen LogP) is 1.97. The number of nitrogens with zero attached hydrogens (tertiary/aromatic N) is 2. The van der Waals surface area contributed by atoms with Gasteiger partial charge in [-0.1, -0.05) is 6.92 Å². The Hall–Kier alpha value is -1.53. The predicted molar refractivity (Wildman–Crippen MR) is 55.4 cm³/mol. The van der Waals surface area contributed by atoms with Crippen molar-refractivity contribution in [3.05, 3.63) is 17.5 Å². The van der Waals surface area contributed by atoms with Gasteiger partial charge in [0.05, 0.1) is 0 Å². The monoisotopic (exact) mass is 249 g/mol. The lowest BCUT2D eigenvalue weighted by Gasteiger charge is -2.10. The second-order valence-electron chi connectivity index (χ2n) is 3.82. The van der Waals surface area contributed by atoms with Crippen LogP contribution < -0.4 is 5.32 Å². The molecule has 1 amide bonds. The molecule has 1 atom stereocenters. The van der Waals surface area contributed by atoms with Crippen LogP contribution in [0.4, 0.5) is 13.2 Å². The summed E-state index contributed by atoms with van der Waals surface area (Å²) in [4.78, 5) is 11.6. The molecule has 1 N–H and O–H groups in total. The minimum atomic E-state index is -4.54. The number of aryl methyl sites for hydroxylation is 1. The quantitative estimate of drug-likeness (QED) is 0.890. The van der Waals surface area contributed by atoms with Gasteiger partial charge in [-0.25, -0.2) is 0 Å². The number of nitrogens with one attached hydrogen (secondary N) is 1. The zero-order chi connectivity index (χ0) is 13.2. The van der Waals surface area contributed by atoms with Gasteiger partial charge >= 0.3 is 6.18 Å². The molecule has 0 radical (unpaired) electrons. The molecule has 1 aromatic rings. The average molecular weight is 249 g/mol. The number of hydrogen-bond acceptors (Lipinski definition) is 2. The Morgan fingerprint density at radius 3 is 2.59 bits per heavy atom. The summed E-state index contributed by atoms with van der Waals surface area (Å²) in [5.41, 5.74) is -1.16.